The molecule has 1 aliphatic heterocycles. The van der Waals surface area contributed by atoms with Gasteiger partial charge in [-0.25, -0.2) is 0 Å². The van der Waals surface area contributed by atoms with Gasteiger partial charge in [-0.05, 0) is 37.1 Å². The van der Waals surface area contributed by atoms with E-state index in [0.29, 0.717) is 24.0 Å². The smallest absolute Gasteiger partial charge is 0.232 e. The zero-order chi connectivity index (χ0) is 16.8. The Bertz CT molecular complexity index is 662. The van der Waals surface area contributed by atoms with E-state index in [1.165, 1.54) is 0 Å². The second-order valence-corrected chi connectivity index (χ2v) is 7.03. The summed E-state index contributed by atoms with van der Waals surface area (Å²) in [6, 6.07) is 3.75. The van der Waals surface area contributed by atoms with Crippen LogP contribution in [0, 0.1) is 0 Å². The summed E-state index contributed by atoms with van der Waals surface area (Å²) in [7, 11) is 0. The lowest BCUT2D eigenvalue weighted by Gasteiger charge is -2.31. The molecule has 6 nitrogen and oxygen atoms in total. The normalized spacial score (nSPS) is 17.9. The molecule has 24 heavy (non-hydrogen) atoms. The predicted molar refractivity (Wildman–Crippen MR) is 93.7 cm³/mol. The van der Waals surface area contributed by atoms with Gasteiger partial charge in [-0.15, -0.1) is 0 Å². The van der Waals surface area contributed by atoms with Crippen molar-refractivity contribution >= 4 is 17.7 Å². The second kappa shape index (κ2) is 8.28. The van der Waals surface area contributed by atoms with Gasteiger partial charge in [0.2, 0.25) is 17.6 Å². The molecule has 1 aliphatic rings. The zero-order valence-corrected chi connectivity index (χ0v) is 14.7. The van der Waals surface area contributed by atoms with Crippen LogP contribution in [0.1, 0.15) is 38.0 Å². The van der Waals surface area contributed by atoms with Crippen molar-refractivity contribution in [3.63, 3.8) is 0 Å². The number of piperidine rings is 1. The molecule has 0 radical (unpaired) electrons. The van der Waals surface area contributed by atoms with E-state index in [1.807, 2.05) is 17.0 Å². The molecule has 2 aromatic heterocycles. The summed E-state index contributed by atoms with van der Waals surface area (Å²) in [6.45, 7) is 3.62. The largest absolute Gasteiger partial charge is 0.341 e. The molecule has 3 rings (SSSR count). The number of nitrogens with zero attached hydrogens (tertiary/aromatic N) is 4. The average Bonchev–Trinajstić information content (AvgIpc) is 3.13. The van der Waals surface area contributed by atoms with Gasteiger partial charge in [-0.3, -0.25) is 9.78 Å². The Kier molecular flexibility index (Phi) is 5.85. The number of rotatable bonds is 6. The Morgan fingerprint density at radius 2 is 2.42 bits per heavy atom. The average molecular weight is 346 g/mol. The number of thioether (sulfide) groups is 1. The highest BCUT2D eigenvalue weighted by Crippen LogP contribution is 2.27. The number of carbonyl (C=O) groups is 1. The van der Waals surface area contributed by atoms with Gasteiger partial charge < -0.3 is 9.42 Å². The van der Waals surface area contributed by atoms with Gasteiger partial charge in [-0.2, -0.15) is 16.7 Å². The van der Waals surface area contributed by atoms with Crippen molar-refractivity contribution in [1.29, 1.82) is 0 Å². The topological polar surface area (TPSA) is 72.1 Å². The summed E-state index contributed by atoms with van der Waals surface area (Å²) in [4.78, 5) is 22.8. The van der Waals surface area contributed by atoms with E-state index in [1.54, 1.807) is 24.2 Å². The van der Waals surface area contributed by atoms with Gasteiger partial charge >= 0.3 is 0 Å². The predicted octanol–water partition coefficient (Wildman–Crippen LogP) is 2.98. The Balaban J connectivity index is 1.63. The SMILES string of the molecule is CCCSCC(=O)N1CCC[C@H](c2nc(-c3cccnc3)no2)C1. The number of hydrogen-bond donors (Lipinski definition) is 0. The van der Waals surface area contributed by atoms with Crippen LogP contribution in [-0.2, 0) is 4.79 Å². The summed E-state index contributed by atoms with van der Waals surface area (Å²) >= 11 is 1.70. The molecule has 0 unspecified atom stereocenters. The lowest BCUT2D eigenvalue weighted by Crippen LogP contribution is -2.40. The molecule has 7 heteroatoms. The van der Waals surface area contributed by atoms with E-state index >= 15 is 0 Å². The molecule has 128 valence electrons. The van der Waals surface area contributed by atoms with Crippen LogP contribution in [0.4, 0.5) is 0 Å². The van der Waals surface area contributed by atoms with Crippen LogP contribution in [0.25, 0.3) is 11.4 Å². The van der Waals surface area contributed by atoms with E-state index in [4.69, 9.17) is 4.52 Å². The molecule has 1 saturated heterocycles. The van der Waals surface area contributed by atoms with Crippen LogP contribution in [0.3, 0.4) is 0 Å². The van der Waals surface area contributed by atoms with Crippen molar-refractivity contribution < 1.29 is 9.32 Å². The maximum absolute atomic E-state index is 12.3. The van der Waals surface area contributed by atoms with E-state index < -0.39 is 0 Å². The Morgan fingerprint density at radius 1 is 1.50 bits per heavy atom. The van der Waals surface area contributed by atoms with Crippen LogP contribution in [-0.4, -0.2) is 50.5 Å². The van der Waals surface area contributed by atoms with Gasteiger partial charge in [0.1, 0.15) is 0 Å². The molecule has 0 bridgehead atoms. The third kappa shape index (κ3) is 4.14. The molecule has 1 fully saturated rings. The number of aromatic nitrogens is 3. The van der Waals surface area contributed by atoms with Crippen LogP contribution >= 0.6 is 11.8 Å². The second-order valence-electron chi connectivity index (χ2n) is 5.93. The van der Waals surface area contributed by atoms with Gasteiger partial charge in [0.05, 0.1) is 11.7 Å². The van der Waals surface area contributed by atoms with Crippen LogP contribution in [0.2, 0.25) is 0 Å². The molecule has 0 aromatic carbocycles. The molecule has 3 heterocycles. The molecule has 0 aliphatic carbocycles. The molecule has 1 amide bonds. The van der Waals surface area contributed by atoms with Gasteiger partial charge in [0.15, 0.2) is 0 Å². The third-order valence-corrected chi connectivity index (χ3v) is 5.21. The van der Waals surface area contributed by atoms with Crippen molar-refractivity contribution in [2.75, 3.05) is 24.6 Å². The van der Waals surface area contributed by atoms with E-state index in [2.05, 4.69) is 22.0 Å². The first kappa shape index (κ1) is 17.0. The molecule has 0 saturated carbocycles. The van der Waals surface area contributed by atoms with Crippen molar-refractivity contribution in [1.82, 2.24) is 20.0 Å². The third-order valence-electron chi connectivity index (χ3n) is 4.06. The first-order chi connectivity index (χ1) is 11.8. The summed E-state index contributed by atoms with van der Waals surface area (Å²) in [5, 5.41) is 4.06. The van der Waals surface area contributed by atoms with Crippen LogP contribution in [0.15, 0.2) is 29.0 Å². The lowest BCUT2D eigenvalue weighted by atomic mass is 9.98. The number of likely N-dealkylation sites (tertiary alicyclic amines) is 1. The number of carbonyl (C=O) groups excluding carboxylic acids is 1. The van der Waals surface area contributed by atoms with Crippen molar-refractivity contribution in [3.8, 4) is 11.4 Å². The van der Waals surface area contributed by atoms with Crippen molar-refractivity contribution in [2.45, 2.75) is 32.1 Å². The number of pyridine rings is 1. The fourth-order valence-electron chi connectivity index (χ4n) is 2.81. The van der Waals surface area contributed by atoms with Crippen LogP contribution in [0.5, 0.6) is 0 Å². The molecule has 0 N–H and O–H groups in total. The molecule has 2 aromatic rings. The van der Waals surface area contributed by atoms with E-state index in [-0.39, 0.29) is 11.8 Å². The Hall–Kier alpha value is -1.89. The fourth-order valence-corrected chi connectivity index (χ4v) is 3.60. The van der Waals surface area contributed by atoms with Crippen LogP contribution < -0.4 is 0 Å². The lowest BCUT2D eigenvalue weighted by molar-refractivity contribution is -0.129. The molecule has 0 spiro atoms. The maximum atomic E-state index is 12.3. The van der Waals surface area contributed by atoms with E-state index in [9.17, 15) is 4.79 Å². The molecular weight excluding hydrogens is 324 g/mol. The van der Waals surface area contributed by atoms with Crippen molar-refractivity contribution in [2.24, 2.45) is 0 Å². The summed E-state index contributed by atoms with van der Waals surface area (Å²) < 4.78 is 5.45. The summed E-state index contributed by atoms with van der Waals surface area (Å²) in [5.41, 5.74) is 0.840. The van der Waals surface area contributed by atoms with Gasteiger partial charge in [-0.1, -0.05) is 12.1 Å². The highest BCUT2D eigenvalue weighted by atomic mass is 32.2. The standard InChI is InChI=1S/C17H22N4O2S/c1-2-9-24-12-15(22)21-8-4-6-14(11-21)17-19-16(20-23-17)13-5-3-7-18-10-13/h3,5,7,10,14H,2,4,6,8-9,11-12H2,1H3/t14-/m0/s1. The monoisotopic (exact) mass is 346 g/mol. The highest BCUT2D eigenvalue weighted by Gasteiger charge is 2.28. The van der Waals surface area contributed by atoms with Gasteiger partial charge in [0.25, 0.3) is 0 Å². The summed E-state index contributed by atoms with van der Waals surface area (Å²) in [6.07, 6.45) is 6.47. The highest BCUT2D eigenvalue weighted by molar-refractivity contribution is 7.99. The maximum Gasteiger partial charge on any atom is 0.232 e. The minimum atomic E-state index is 0.122. The fraction of sp³-hybridized carbons (Fsp3) is 0.529. The number of hydrogen-bond acceptors (Lipinski definition) is 6. The Labute approximate surface area is 146 Å². The number of amides is 1. The zero-order valence-electron chi connectivity index (χ0n) is 13.9. The van der Waals surface area contributed by atoms with E-state index in [0.717, 1.165) is 37.1 Å². The first-order valence-corrected chi connectivity index (χ1v) is 9.53. The van der Waals surface area contributed by atoms with Gasteiger partial charge in [0, 0.05) is 31.0 Å². The first-order valence-electron chi connectivity index (χ1n) is 8.37. The van der Waals surface area contributed by atoms with Crippen molar-refractivity contribution in [3.05, 3.63) is 30.4 Å². The minimum Gasteiger partial charge on any atom is -0.341 e. The molecular formula is C17H22N4O2S. The minimum absolute atomic E-state index is 0.122. The summed E-state index contributed by atoms with van der Waals surface area (Å²) in [5.74, 6) is 3.10. The quantitative estimate of drug-likeness (QED) is 0.749. The molecule has 1 atom stereocenters. The Morgan fingerprint density at radius 3 is 3.21 bits per heavy atom.